The fourth-order valence-corrected chi connectivity index (χ4v) is 2.41. The molecule has 0 bridgehead atoms. The number of carbonyl (C=O) groups is 1. The molecule has 1 saturated heterocycles. The molecule has 1 aliphatic heterocycles. The Morgan fingerprint density at radius 3 is 2.61 bits per heavy atom. The summed E-state index contributed by atoms with van der Waals surface area (Å²) in [5, 5.41) is 2.44. The number of amides is 1. The van der Waals surface area contributed by atoms with Gasteiger partial charge in [0.2, 0.25) is 0 Å². The van der Waals surface area contributed by atoms with E-state index in [4.69, 9.17) is 4.18 Å². The molecule has 1 amide bonds. The van der Waals surface area contributed by atoms with Gasteiger partial charge >= 0.3 is 6.09 Å². The molecule has 0 saturated carbocycles. The lowest BCUT2D eigenvalue weighted by Gasteiger charge is -2.09. The fraction of sp³-hybridized carbons (Fsp3) is 0.364. The van der Waals surface area contributed by atoms with Crippen LogP contribution in [0.2, 0.25) is 0 Å². The van der Waals surface area contributed by atoms with Crippen molar-refractivity contribution < 1.29 is 22.1 Å². The van der Waals surface area contributed by atoms with Gasteiger partial charge in [0.05, 0.1) is 17.5 Å². The number of hydrogen-bond acceptors (Lipinski definition) is 5. The van der Waals surface area contributed by atoms with E-state index in [1.165, 1.54) is 12.1 Å². The van der Waals surface area contributed by atoms with Crippen molar-refractivity contribution in [3.63, 3.8) is 0 Å². The Kier molecular flexibility index (Phi) is 3.53. The lowest BCUT2D eigenvalue weighted by Crippen LogP contribution is -2.31. The summed E-state index contributed by atoms with van der Waals surface area (Å²) in [6, 6.07) is 5.91. The molecule has 1 N–H and O–H groups in total. The minimum absolute atomic E-state index is 0.0957. The van der Waals surface area contributed by atoms with Crippen molar-refractivity contribution in [3.05, 3.63) is 29.8 Å². The van der Waals surface area contributed by atoms with E-state index in [0.29, 0.717) is 0 Å². The van der Waals surface area contributed by atoms with Crippen molar-refractivity contribution in [2.24, 2.45) is 0 Å². The molecule has 1 aliphatic rings. The van der Waals surface area contributed by atoms with Crippen LogP contribution in [-0.4, -0.2) is 33.8 Å². The Bertz CT molecular complexity index is 537. The highest BCUT2D eigenvalue weighted by Gasteiger charge is 2.25. The summed E-state index contributed by atoms with van der Waals surface area (Å²) in [7, 11) is -3.79. The van der Waals surface area contributed by atoms with Gasteiger partial charge in [-0.1, -0.05) is 17.7 Å². The minimum atomic E-state index is -3.79. The van der Waals surface area contributed by atoms with Gasteiger partial charge in [0.1, 0.15) is 6.61 Å². The smallest absolute Gasteiger partial charge is 0.407 e. The van der Waals surface area contributed by atoms with Crippen LogP contribution in [0.1, 0.15) is 5.56 Å². The number of carbonyl (C=O) groups excluding carboxylic acids is 1. The standard InChI is InChI=1S/C11H13NO5S/c1-8-2-4-10(5-3-8)18(14,15)17-7-9-6-16-11(13)12-9/h2-5,9H,6-7H2,1H3,(H,12,13)/t9-/m1/s1. The molecule has 0 aromatic heterocycles. The average Bonchev–Trinajstić information content (AvgIpc) is 2.73. The van der Waals surface area contributed by atoms with Crippen LogP contribution in [0.3, 0.4) is 0 Å². The van der Waals surface area contributed by atoms with Crippen molar-refractivity contribution in [1.82, 2.24) is 5.32 Å². The van der Waals surface area contributed by atoms with Gasteiger partial charge in [0.25, 0.3) is 10.1 Å². The maximum absolute atomic E-state index is 11.8. The lowest BCUT2D eigenvalue weighted by atomic mass is 10.2. The van der Waals surface area contributed by atoms with Crippen LogP contribution >= 0.6 is 0 Å². The van der Waals surface area contributed by atoms with Gasteiger partial charge in [0, 0.05) is 0 Å². The molecule has 1 aromatic carbocycles. The second-order valence-corrected chi connectivity index (χ2v) is 5.61. The Balaban J connectivity index is 1.99. The SMILES string of the molecule is Cc1ccc(S(=O)(=O)OC[C@H]2COC(=O)N2)cc1. The van der Waals surface area contributed by atoms with E-state index in [1.807, 2.05) is 6.92 Å². The van der Waals surface area contributed by atoms with Crippen molar-refractivity contribution in [2.75, 3.05) is 13.2 Å². The summed E-state index contributed by atoms with van der Waals surface area (Å²) in [4.78, 5) is 10.8. The molecular weight excluding hydrogens is 258 g/mol. The summed E-state index contributed by atoms with van der Waals surface area (Å²) < 4.78 is 33.1. The zero-order valence-electron chi connectivity index (χ0n) is 9.75. The van der Waals surface area contributed by atoms with Gasteiger partial charge in [-0.05, 0) is 19.1 Å². The maximum atomic E-state index is 11.8. The number of hydrogen-bond donors (Lipinski definition) is 1. The monoisotopic (exact) mass is 271 g/mol. The van der Waals surface area contributed by atoms with E-state index in [0.717, 1.165) is 5.56 Å². The molecule has 0 unspecified atom stereocenters. The van der Waals surface area contributed by atoms with Crippen LogP contribution in [0.15, 0.2) is 29.2 Å². The van der Waals surface area contributed by atoms with Gasteiger partial charge in [-0.3, -0.25) is 4.18 Å². The quantitative estimate of drug-likeness (QED) is 0.819. The normalized spacial score (nSPS) is 19.4. The molecule has 1 fully saturated rings. The van der Waals surface area contributed by atoms with Crippen molar-refractivity contribution in [1.29, 1.82) is 0 Å². The maximum Gasteiger partial charge on any atom is 0.407 e. The molecule has 18 heavy (non-hydrogen) atoms. The number of ether oxygens (including phenoxy) is 1. The third-order valence-corrected chi connectivity index (χ3v) is 3.77. The second kappa shape index (κ2) is 4.95. The molecule has 1 heterocycles. The number of alkyl carbamates (subject to hydrolysis) is 1. The van der Waals surface area contributed by atoms with Crippen molar-refractivity contribution in [2.45, 2.75) is 17.9 Å². The highest BCUT2D eigenvalue weighted by Crippen LogP contribution is 2.14. The summed E-state index contributed by atoms with van der Waals surface area (Å²) in [5.74, 6) is 0. The van der Waals surface area contributed by atoms with Crippen LogP contribution in [0.25, 0.3) is 0 Å². The predicted octanol–water partition coefficient (Wildman–Crippen LogP) is 0.809. The number of aryl methyl sites for hydroxylation is 1. The van der Waals surface area contributed by atoms with E-state index in [-0.39, 0.29) is 18.1 Å². The Hall–Kier alpha value is -1.60. The summed E-state index contributed by atoms with van der Waals surface area (Å²) >= 11 is 0. The highest BCUT2D eigenvalue weighted by atomic mass is 32.2. The third kappa shape index (κ3) is 2.99. The first kappa shape index (κ1) is 12.8. The van der Waals surface area contributed by atoms with E-state index >= 15 is 0 Å². The topological polar surface area (TPSA) is 81.7 Å². The van der Waals surface area contributed by atoms with Crippen LogP contribution < -0.4 is 5.32 Å². The van der Waals surface area contributed by atoms with Gasteiger partial charge in [-0.2, -0.15) is 8.42 Å². The van der Waals surface area contributed by atoms with Gasteiger partial charge in [-0.25, -0.2) is 4.79 Å². The van der Waals surface area contributed by atoms with E-state index < -0.39 is 22.3 Å². The van der Waals surface area contributed by atoms with E-state index in [9.17, 15) is 13.2 Å². The highest BCUT2D eigenvalue weighted by molar-refractivity contribution is 7.86. The molecule has 2 rings (SSSR count). The number of benzene rings is 1. The fourth-order valence-electron chi connectivity index (χ4n) is 1.46. The van der Waals surface area contributed by atoms with Crippen LogP contribution in [0.5, 0.6) is 0 Å². The molecule has 0 spiro atoms. The number of cyclic esters (lactones) is 1. The first-order chi connectivity index (χ1) is 8.47. The second-order valence-electron chi connectivity index (χ2n) is 3.99. The van der Waals surface area contributed by atoms with Gasteiger partial charge < -0.3 is 10.1 Å². The summed E-state index contributed by atoms with van der Waals surface area (Å²) in [6.45, 7) is 1.84. The lowest BCUT2D eigenvalue weighted by molar-refractivity contribution is 0.174. The molecule has 1 aromatic rings. The Morgan fingerprint density at radius 2 is 2.06 bits per heavy atom. The zero-order chi connectivity index (χ0) is 13.2. The largest absolute Gasteiger partial charge is 0.447 e. The first-order valence-electron chi connectivity index (χ1n) is 5.37. The van der Waals surface area contributed by atoms with Gasteiger partial charge in [0.15, 0.2) is 0 Å². The Morgan fingerprint density at radius 1 is 1.39 bits per heavy atom. The summed E-state index contributed by atoms with van der Waals surface area (Å²) in [6.07, 6.45) is -0.559. The van der Waals surface area contributed by atoms with Crippen molar-refractivity contribution >= 4 is 16.2 Å². The summed E-state index contributed by atoms with van der Waals surface area (Å²) in [5.41, 5.74) is 0.963. The van der Waals surface area contributed by atoms with E-state index in [2.05, 4.69) is 10.1 Å². The molecule has 6 nitrogen and oxygen atoms in total. The average molecular weight is 271 g/mol. The molecule has 1 atom stereocenters. The molecule has 98 valence electrons. The van der Waals surface area contributed by atoms with Crippen molar-refractivity contribution in [3.8, 4) is 0 Å². The third-order valence-electron chi connectivity index (χ3n) is 2.47. The molecule has 7 heteroatoms. The van der Waals surface area contributed by atoms with E-state index in [1.54, 1.807) is 12.1 Å². The first-order valence-corrected chi connectivity index (χ1v) is 6.77. The predicted molar refractivity (Wildman–Crippen MR) is 62.6 cm³/mol. The number of nitrogens with one attached hydrogen (secondary N) is 1. The minimum Gasteiger partial charge on any atom is -0.447 e. The molecular formula is C11H13NO5S. The molecule has 0 radical (unpaired) electrons. The number of rotatable bonds is 4. The molecule has 0 aliphatic carbocycles. The van der Waals surface area contributed by atoms with Crippen LogP contribution in [0, 0.1) is 6.92 Å². The zero-order valence-corrected chi connectivity index (χ0v) is 10.6. The van der Waals surface area contributed by atoms with Gasteiger partial charge in [-0.15, -0.1) is 0 Å². The van der Waals surface area contributed by atoms with Crippen LogP contribution in [0.4, 0.5) is 4.79 Å². The Labute approximate surface area is 105 Å². The van der Waals surface area contributed by atoms with Crippen LogP contribution in [-0.2, 0) is 19.0 Å².